The Bertz CT molecular complexity index is 477. The zero-order valence-electron chi connectivity index (χ0n) is 12.1. The summed E-state index contributed by atoms with van der Waals surface area (Å²) in [7, 11) is 8.94. The third kappa shape index (κ3) is 5.77. The van der Waals surface area contributed by atoms with Crippen LogP contribution in [0.25, 0.3) is 0 Å². The topological polar surface area (TPSA) is 18.5 Å². The van der Waals surface area contributed by atoms with Crippen molar-refractivity contribution in [1.29, 1.82) is 0 Å². The van der Waals surface area contributed by atoms with E-state index in [9.17, 15) is 0 Å². The van der Waals surface area contributed by atoms with Crippen LogP contribution >= 0.6 is 31.4 Å². The molecule has 0 unspecified atom stereocenters. The quantitative estimate of drug-likeness (QED) is 0.470. The summed E-state index contributed by atoms with van der Waals surface area (Å²) in [5, 5.41) is 0. The van der Waals surface area contributed by atoms with E-state index >= 15 is 0 Å². The maximum absolute atomic E-state index is 5.15. The molecule has 2 nitrogen and oxygen atoms in total. The highest BCUT2D eigenvalue weighted by Crippen LogP contribution is 2.39. The first-order valence-electron chi connectivity index (χ1n) is 6.49. The SMILES string of the molecule is COc1ccc(CSSSCc2ccc(OC)cc2)cc1. The molecule has 21 heavy (non-hydrogen) atoms. The van der Waals surface area contributed by atoms with Gasteiger partial charge in [0, 0.05) is 11.5 Å². The lowest BCUT2D eigenvalue weighted by atomic mass is 10.2. The Kier molecular flexibility index (Phi) is 7.19. The standard InChI is InChI=1S/C16H18O2S3/c1-17-15-7-3-13(4-8-15)11-19-21-20-12-14-5-9-16(18-2)10-6-14/h3-10H,11-12H2,1-2H3. The van der Waals surface area contributed by atoms with Crippen molar-refractivity contribution in [3.63, 3.8) is 0 Å². The minimum Gasteiger partial charge on any atom is -0.497 e. The number of methoxy groups -OCH3 is 2. The molecule has 2 aromatic carbocycles. The van der Waals surface area contributed by atoms with Crippen molar-refractivity contribution in [2.45, 2.75) is 11.5 Å². The number of hydrogen-bond acceptors (Lipinski definition) is 5. The minimum absolute atomic E-state index is 0.908. The van der Waals surface area contributed by atoms with E-state index in [2.05, 4.69) is 24.3 Å². The number of benzene rings is 2. The Morgan fingerprint density at radius 3 is 1.38 bits per heavy atom. The largest absolute Gasteiger partial charge is 0.497 e. The van der Waals surface area contributed by atoms with E-state index in [-0.39, 0.29) is 0 Å². The molecule has 0 aliphatic carbocycles. The molecule has 112 valence electrons. The molecule has 0 saturated carbocycles. The van der Waals surface area contributed by atoms with E-state index in [1.54, 1.807) is 14.2 Å². The lowest BCUT2D eigenvalue weighted by Gasteiger charge is -2.04. The third-order valence-corrected chi connectivity index (χ3v) is 6.98. The Morgan fingerprint density at radius 1 is 0.667 bits per heavy atom. The van der Waals surface area contributed by atoms with Gasteiger partial charge in [-0.1, -0.05) is 45.9 Å². The predicted molar refractivity (Wildman–Crippen MR) is 96.2 cm³/mol. The summed E-state index contributed by atoms with van der Waals surface area (Å²) < 4.78 is 10.3. The smallest absolute Gasteiger partial charge is 0.118 e. The number of hydrogen-bond donors (Lipinski definition) is 0. The molecule has 0 heterocycles. The second-order valence-electron chi connectivity index (χ2n) is 4.29. The second kappa shape index (κ2) is 9.18. The van der Waals surface area contributed by atoms with Crippen LogP contribution < -0.4 is 9.47 Å². The van der Waals surface area contributed by atoms with Crippen LogP contribution in [0.15, 0.2) is 48.5 Å². The lowest BCUT2D eigenvalue weighted by Crippen LogP contribution is -1.83. The van der Waals surface area contributed by atoms with Gasteiger partial charge in [-0.3, -0.25) is 0 Å². The van der Waals surface area contributed by atoms with E-state index in [0.29, 0.717) is 0 Å². The maximum Gasteiger partial charge on any atom is 0.118 e. The van der Waals surface area contributed by atoms with Gasteiger partial charge in [0.25, 0.3) is 0 Å². The van der Waals surface area contributed by atoms with E-state index in [1.807, 2.05) is 55.7 Å². The molecule has 0 fully saturated rings. The van der Waals surface area contributed by atoms with Crippen molar-refractivity contribution < 1.29 is 9.47 Å². The fraction of sp³-hybridized carbons (Fsp3) is 0.250. The summed E-state index contributed by atoms with van der Waals surface area (Å²) in [6.45, 7) is 0. The molecule has 0 atom stereocenters. The maximum atomic E-state index is 5.15. The van der Waals surface area contributed by atoms with Gasteiger partial charge in [0.1, 0.15) is 11.5 Å². The van der Waals surface area contributed by atoms with Gasteiger partial charge in [0.15, 0.2) is 0 Å². The van der Waals surface area contributed by atoms with Gasteiger partial charge in [-0.15, -0.1) is 0 Å². The van der Waals surface area contributed by atoms with Crippen LogP contribution in [0.3, 0.4) is 0 Å². The number of ether oxygens (including phenoxy) is 2. The van der Waals surface area contributed by atoms with Crippen molar-refractivity contribution in [2.75, 3.05) is 14.2 Å². The Labute approximate surface area is 137 Å². The average Bonchev–Trinajstić information content (AvgIpc) is 2.55. The van der Waals surface area contributed by atoms with Crippen LogP contribution in [-0.4, -0.2) is 14.2 Å². The number of rotatable bonds is 8. The van der Waals surface area contributed by atoms with Gasteiger partial charge >= 0.3 is 0 Å². The average molecular weight is 339 g/mol. The zero-order chi connectivity index (χ0) is 14.9. The molecule has 0 saturated heterocycles. The van der Waals surface area contributed by atoms with Gasteiger partial charge in [0.05, 0.1) is 14.2 Å². The van der Waals surface area contributed by atoms with Crippen LogP contribution in [0, 0.1) is 0 Å². The molecule has 0 N–H and O–H groups in total. The molecule has 0 aliphatic heterocycles. The van der Waals surface area contributed by atoms with Crippen LogP contribution in [0.4, 0.5) is 0 Å². The highest BCUT2D eigenvalue weighted by atomic mass is 33.5. The Hall–Kier alpha value is -0.910. The van der Waals surface area contributed by atoms with E-state index in [1.165, 1.54) is 11.1 Å². The lowest BCUT2D eigenvalue weighted by molar-refractivity contribution is 0.414. The normalized spacial score (nSPS) is 10.4. The summed E-state index contributed by atoms with van der Waals surface area (Å²) in [4.78, 5) is 0. The molecule has 5 heteroatoms. The molecule has 0 bridgehead atoms. The summed E-state index contributed by atoms with van der Waals surface area (Å²) >= 11 is 0. The third-order valence-electron chi connectivity index (χ3n) is 2.87. The van der Waals surface area contributed by atoms with Crippen molar-refractivity contribution in [1.82, 2.24) is 0 Å². The van der Waals surface area contributed by atoms with Crippen molar-refractivity contribution in [2.24, 2.45) is 0 Å². The van der Waals surface area contributed by atoms with Crippen LogP contribution in [-0.2, 0) is 11.5 Å². The molecule has 0 amide bonds. The molecular formula is C16H18O2S3. The first-order chi connectivity index (χ1) is 10.3. The molecule has 0 spiro atoms. The summed E-state index contributed by atoms with van der Waals surface area (Å²) in [6, 6.07) is 16.5. The molecule has 2 aromatic rings. The second-order valence-corrected chi connectivity index (χ2v) is 8.52. The van der Waals surface area contributed by atoms with Crippen LogP contribution in [0.2, 0.25) is 0 Å². The van der Waals surface area contributed by atoms with Crippen molar-refractivity contribution >= 4 is 31.4 Å². The molecule has 0 radical (unpaired) electrons. The predicted octanol–water partition coefficient (Wildman–Crippen LogP) is 5.43. The van der Waals surface area contributed by atoms with E-state index in [4.69, 9.17) is 9.47 Å². The Morgan fingerprint density at radius 2 is 1.05 bits per heavy atom. The van der Waals surface area contributed by atoms with E-state index in [0.717, 1.165) is 23.0 Å². The Balaban J connectivity index is 1.64. The fourth-order valence-corrected chi connectivity index (χ4v) is 5.27. The highest BCUT2D eigenvalue weighted by Gasteiger charge is 1.98. The fourth-order valence-electron chi connectivity index (χ4n) is 1.66. The molecule has 2 rings (SSSR count). The molecule has 0 aliphatic rings. The minimum atomic E-state index is 0.908. The van der Waals surface area contributed by atoms with Gasteiger partial charge in [-0.05, 0) is 45.2 Å². The van der Waals surface area contributed by atoms with Crippen molar-refractivity contribution in [3.8, 4) is 11.5 Å². The van der Waals surface area contributed by atoms with Crippen LogP contribution in [0.1, 0.15) is 11.1 Å². The molecular weight excluding hydrogens is 320 g/mol. The first kappa shape index (κ1) is 16.5. The molecule has 0 aromatic heterocycles. The van der Waals surface area contributed by atoms with Gasteiger partial charge in [-0.2, -0.15) is 0 Å². The van der Waals surface area contributed by atoms with Gasteiger partial charge in [0.2, 0.25) is 0 Å². The monoisotopic (exact) mass is 338 g/mol. The van der Waals surface area contributed by atoms with Crippen LogP contribution in [0.5, 0.6) is 11.5 Å². The van der Waals surface area contributed by atoms with Gasteiger partial charge in [-0.25, -0.2) is 0 Å². The summed E-state index contributed by atoms with van der Waals surface area (Å²) in [5.41, 5.74) is 2.64. The zero-order valence-corrected chi connectivity index (χ0v) is 14.5. The summed E-state index contributed by atoms with van der Waals surface area (Å²) in [5.74, 6) is 3.82. The first-order valence-corrected chi connectivity index (χ1v) is 10.3. The highest BCUT2D eigenvalue weighted by molar-refractivity contribution is 9.09. The van der Waals surface area contributed by atoms with Gasteiger partial charge < -0.3 is 9.47 Å². The van der Waals surface area contributed by atoms with E-state index < -0.39 is 0 Å². The van der Waals surface area contributed by atoms with Crippen molar-refractivity contribution in [3.05, 3.63) is 59.7 Å². The summed E-state index contributed by atoms with van der Waals surface area (Å²) in [6.07, 6.45) is 0.